The average molecular weight is 248 g/mol. The van der Waals surface area contributed by atoms with Crippen molar-refractivity contribution in [3.05, 3.63) is 23.8 Å². The van der Waals surface area contributed by atoms with Crippen LogP contribution in [0.4, 0.5) is 5.69 Å². The summed E-state index contributed by atoms with van der Waals surface area (Å²) in [6.45, 7) is 4.95. The predicted octanol–water partition coefficient (Wildman–Crippen LogP) is 2.29. The molecule has 1 aliphatic heterocycles. The molecule has 0 atom stereocenters. The van der Waals surface area contributed by atoms with Gasteiger partial charge in [0.05, 0.1) is 7.11 Å². The smallest absolute Gasteiger partial charge is 0.260 e. The highest BCUT2D eigenvalue weighted by Crippen LogP contribution is 2.33. The van der Waals surface area contributed by atoms with E-state index in [4.69, 9.17) is 10.5 Å². The molecule has 1 saturated heterocycles. The van der Waals surface area contributed by atoms with Crippen molar-refractivity contribution in [3.63, 3.8) is 0 Å². The number of nitrogen functional groups attached to an aromatic ring is 1. The molecule has 4 heteroatoms. The first-order chi connectivity index (χ1) is 8.47. The van der Waals surface area contributed by atoms with Crippen molar-refractivity contribution in [3.8, 4) is 5.75 Å². The number of carbonyl (C=O) groups is 1. The van der Waals surface area contributed by atoms with E-state index in [1.165, 1.54) is 0 Å². The molecule has 0 bridgehead atoms. The van der Waals surface area contributed by atoms with E-state index in [1.54, 1.807) is 25.3 Å². The number of likely N-dealkylation sites (tertiary alicyclic amines) is 1. The van der Waals surface area contributed by atoms with Gasteiger partial charge in [0, 0.05) is 17.8 Å². The number of hydrogen-bond donors (Lipinski definition) is 1. The molecule has 0 aliphatic carbocycles. The molecule has 98 valence electrons. The highest BCUT2D eigenvalue weighted by atomic mass is 16.5. The lowest BCUT2D eigenvalue weighted by Gasteiger charge is -2.32. The zero-order valence-electron chi connectivity index (χ0n) is 11.2. The van der Waals surface area contributed by atoms with Gasteiger partial charge in [0.2, 0.25) is 0 Å². The summed E-state index contributed by atoms with van der Waals surface area (Å²) in [5, 5.41) is 0. The average Bonchev–Trinajstić information content (AvgIpc) is 2.67. The van der Waals surface area contributed by atoms with Crippen molar-refractivity contribution in [1.29, 1.82) is 0 Å². The second-order valence-electron chi connectivity index (χ2n) is 5.30. The van der Waals surface area contributed by atoms with Crippen molar-refractivity contribution in [2.75, 3.05) is 19.4 Å². The van der Waals surface area contributed by atoms with E-state index in [0.29, 0.717) is 17.0 Å². The van der Waals surface area contributed by atoms with Crippen LogP contribution in [0.5, 0.6) is 5.75 Å². The third kappa shape index (κ3) is 2.03. The number of amides is 1. The third-order valence-electron chi connectivity index (χ3n) is 3.64. The van der Waals surface area contributed by atoms with Crippen molar-refractivity contribution < 1.29 is 9.53 Å². The summed E-state index contributed by atoms with van der Waals surface area (Å²) >= 11 is 0. The Bertz CT molecular complexity index is 469. The Morgan fingerprint density at radius 2 is 2.17 bits per heavy atom. The normalized spacial score (nSPS) is 17.8. The number of nitrogens with two attached hydrogens (primary N) is 1. The van der Waals surface area contributed by atoms with Gasteiger partial charge in [0.15, 0.2) is 0 Å². The number of carbonyl (C=O) groups excluding carboxylic acids is 1. The topological polar surface area (TPSA) is 55.6 Å². The van der Waals surface area contributed by atoms with E-state index in [1.807, 2.05) is 4.90 Å². The molecule has 0 aromatic heterocycles. The van der Waals surface area contributed by atoms with Gasteiger partial charge in [-0.1, -0.05) is 6.07 Å². The van der Waals surface area contributed by atoms with Gasteiger partial charge in [0.1, 0.15) is 11.3 Å². The minimum absolute atomic E-state index is 0.0348. The molecule has 0 radical (unpaired) electrons. The Labute approximate surface area is 108 Å². The van der Waals surface area contributed by atoms with Gasteiger partial charge in [0.25, 0.3) is 5.91 Å². The van der Waals surface area contributed by atoms with Crippen LogP contribution in [0.15, 0.2) is 18.2 Å². The number of anilines is 1. The first-order valence-corrected chi connectivity index (χ1v) is 6.22. The lowest BCUT2D eigenvalue weighted by atomic mass is 10.0. The van der Waals surface area contributed by atoms with Gasteiger partial charge in [-0.05, 0) is 38.8 Å². The summed E-state index contributed by atoms with van der Waals surface area (Å²) in [6.07, 6.45) is 2.06. The molecule has 2 N–H and O–H groups in total. The number of methoxy groups -OCH3 is 1. The Kier molecular flexibility index (Phi) is 3.20. The molecule has 1 amide bonds. The van der Waals surface area contributed by atoms with Crippen LogP contribution in [0.25, 0.3) is 0 Å². The molecule has 1 heterocycles. The molecule has 1 aromatic rings. The highest BCUT2D eigenvalue weighted by molar-refractivity contribution is 6.02. The lowest BCUT2D eigenvalue weighted by Crippen LogP contribution is -2.43. The van der Waals surface area contributed by atoms with Crippen molar-refractivity contribution in [2.24, 2.45) is 0 Å². The SMILES string of the molecule is COc1cccc(N)c1C(=O)N1CCCC1(C)C. The summed E-state index contributed by atoms with van der Waals surface area (Å²) in [6, 6.07) is 5.30. The lowest BCUT2D eigenvalue weighted by molar-refractivity contribution is 0.0650. The molecule has 0 saturated carbocycles. The molecule has 1 aromatic carbocycles. The minimum atomic E-state index is -0.107. The summed E-state index contributed by atoms with van der Waals surface area (Å²) in [5.74, 6) is 0.509. The van der Waals surface area contributed by atoms with Crippen LogP contribution < -0.4 is 10.5 Å². The van der Waals surface area contributed by atoms with Gasteiger partial charge in [-0.25, -0.2) is 0 Å². The second kappa shape index (κ2) is 4.52. The number of rotatable bonds is 2. The molecular formula is C14H20N2O2. The molecule has 2 rings (SSSR count). The molecule has 0 spiro atoms. The third-order valence-corrected chi connectivity index (χ3v) is 3.64. The fourth-order valence-electron chi connectivity index (χ4n) is 2.57. The number of benzene rings is 1. The van der Waals surface area contributed by atoms with Crippen LogP contribution in [0.1, 0.15) is 37.0 Å². The molecule has 4 nitrogen and oxygen atoms in total. The summed E-state index contributed by atoms with van der Waals surface area (Å²) in [5.41, 5.74) is 6.78. The Balaban J connectivity index is 2.40. The summed E-state index contributed by atoms with van der Waals surface area (Å²) in [4.78, 5) is 14.5. The fraction of sp³-hybridized carbons (Fsp3) is 0.500. The summed E-state index contributed by atoms with van der Waals surface area (Å²) < 4.78 is 5.25. The molecule has 18 heavy (non-hydrogen) atoms. The van der Waals surface area contributed by atoms with Gasteiger partial charge < -0.3 is 15.4 Å². The number of nitrogens with zero attached hydrogens (tertiary/aromatic N) is 1. The van der Waals surface area contributed by atoms with Crippen molar-refractivity contribution in [1.82, 2.24) is 4.90 Å². The minimum Gasteiger partial charge on any atom is -0.496 e. The summed E-state index contributed by atoms with van der Waals surface area (Å²) in [7, 11) is 1.56. The van der Waals surface area contributed by atoms with Crippen molar-refractivity contribution in [2.45, 2.75) is 32.2 Å². The Morgan fingerprint density at radius 1 is 1.44 bits per heavy atom. The largest absolute Gasteiger partial charge is 0.496 e. The maximum atomic E-state index is 12.6. The van der Waals surface area contributed by atoms with Gasteiger partial charge in [-0.15, -0.1) is 0 Å². The van der Waals surface area contributed by atoms with Crippen LogP contribution in [-0.2, 0) is 0 Å². The van der Waals surface area contributed by atoms with Crippen LogP contribution >= 0.6 is 0 Å². The monoisotopic (exact) mass is 248 g/mol. The van der Waals surface area contributed by atoms with E-state index in [-0.39, 0.29) is 11.4 Å². The zero-order valence-corrected chi connectivity index (χ0v) is 11.2. The van der Waals surface area contributed by atoms with Gasteiger partial charge >= 0.3 is 0 Å². The molecule has 1 aliphatic rings. The van der Waals surface area contributed by atoms with Gasteiger partial charge in [-0.3, -0.25) is 4.79 Å². The van der Waals surface area contributed by atoms with Crippen LogP contribution in [-0.4, -0.2) is 30.0 Å². The second-order valence-corrected chi connectivity index (χ2v) is 5.30. The maximum Gasteiger partial charge on any atom is 0.260 e. The molecule has 1 fully saturated rings. The zero-order chi connectivity index (χ0) is 13.3. The van der Waals surface area contributed by atoms with E-state index >= 15 is 0 Å². The standard InChI is InChI=1S/C14H20N2O2/c1-14(2)8-5-9-16(14)13(17)12-10(15)6-4-7-11(12)18-3/h4,6-7H,5,8-9,15H2,1-3H3. The Hall–Kier alpha value is -1.71. The highest BCUT2D eigenvalue weighted by Gasteiger charge is 2.37. The predicted molar refractivity (Wildman–Crippen MR) is 71.8 cm³/mol. The Morgan fingerprint density at radius 3 is 2.72 bits per heavy atom. The maximum absolute atomic E-state index is 12.6. The van der Waals surface area contributed by atoms with Crippen LogP contribution in [0.3, 0.4) is 0 Å². The first-order valence-electron chi connectivity index (χ1n) is 6.22. The number of hydrogen-bond acceptors (Lipinski definition) is 3. The van der Waals surface area contributed by atoms with E-state index < -0.39 is 0 Å². The van der Waals surface area contributed by atoms with Crippen molar-refractivity contribution >= 4 is 11.6 Å². The fourth-order valence-corrected chi connectivity index (χ4v) is 2.57. The van der Waals surface area contributed by atoms with Crippen LogP contribution in [0.2, 0.25) is 0 Å². The molecular weight excluding hydrogens is 228 g/mol. The first kappa shape index (κ1) is 12.7. The van der Waals surface area contributed by atoms with E-state index in [2.05, 4.69) is 13.8 Å². The quantitative estimate of drug-likeness (QED) is 0.817. The van der Waals surface area contributed by atoms with Crippen LogP contribution in [0, 0.1) is 0 Å². The number of ether oxygens (including phenoxy) is 1. The van der Waals surface area contributed by atoms with E-state index in [0.717, 1.165) is 19.4 Å². The molecule has 0 unspecified atom stereocenters. The van der Waals surface area contributed by atoms with Gasteiger partial charge in [-0.2, -0.15) is 0 Å². The van der Waals surface area contributed by atoms with E-state index in [9.17, 15) is 4.79 Å².